The van der Waals surface area contributed by atoms with Gasteiger partial charge in [0.15, 0.2) is 5.78 Å². The number of fused-ring (bicyclic) bond motifs is 3. The van der Waals surface area contributed by atoms with E-state index in [-0.39, 0.29) is 28.4 Å². The summed E-state index contributed by atoms with van der Waals surface area (Å²) < 4.78 is 0. The molecule has 2 saturated carbocycles. The normalized spacial score (nSPS) is 36.0. The van der Waals surface area contributed by atoms with Crippen LogP contribution >= 0.6 is 0 Å². The number of para-hydroxylation sites is 1. The van der Waals surface area contributed by atoms with Crippen molar-refractivity contribution in [2.45, 2.75) is 33.6 Å². The maximum absolute atomic E-state index is 13.0. The topological polar surface area (TPSA) is 46.2 Å². The lowest BCUT2D eigenvalue weighted by atomic mass is 9.70. The third kappa shape index (κ3) is 1.30. The van der Waals surface area contributed by atoms with Gasteiger partial charge in [-0.15, -0.1) is 0 Å². The van der Waals surface area contributed by atoms with Crippen molar-refractivity contribution in [3.63, 3.8) is 0 Å². The van der Waals surface area contributed by atoms with Crippen LogP contribution in [0.2, 0.25) is 0 Å². The first-order chi connectivity index (χ1) is 9.88. The molecular formula is C18H19NO2. The molecule has 2 unspecified atom stereocenters. The van der Waals surface area contributed by atoms with Crippen LogP contribution in [0.3, 0.4) is 0 Å². The Kier molecular flexibility index (Phi) is 2.22. The van der Waals surface area contributed by atoms with Crippen LogP contribution in [0.15, 0.2) is 29.8 Å². The highest BCUT2D eigenvalue weighted by molar-refractivity contribution is 6.36. The van der Waals surface area contributed by atoms with Crippen LogP contribution in [0.4, 0.5) is 5.69 Å². The molecule has 3 heteroatoms. The molecule has 2 bridgehead atoms. The van der Waals surface area contributed by atoms with Gasteiger partial charge >= 0.3 is 0 Å². The number of amides is 1. The molecule has 108 valence electrons. The second-order valence-corrected chi connectivity index (χ2v) is 7.26. The van der Waals surface area contributed by atoms with Crippen LogP contribution in [-0.2, 0) is 9.59 Å². The summed E-state index contributed by atoms with van der Waals surface area (Å²) in [6.07, 6.45) is 1.94. The average molecular weight is 281 g/mol. The van der Waals surface area contributed by atoms with Gasteiger partial charge in [-0.05, 0) is 30.2 Å². The van der Waals surface area contributed by atoms with Gasteiger partial charge in [0.2, 0.25) is 0 Å². The number of anilines is 1. The van der Waals surface area contributed by atoms with Crippen LogP contribution in [0.1, 0.15) is 39.2 Å². The number of ketones is 1. The van der Waals surface area contributed by atoms with Crippen LogP contribution in [0.5, 0.6) is 0 Å². The summed E-state index contributed by atoms with van der Waals surface area (Å²) in [6, 6.07) is 7.65. The minimum atomic E-state index is -0.322. The van der Waals surface area contributed by atoms with E-state index in [1.165, 1.54) is 0 Å². The molecule has 4 rings (SSSR count). The molecule has 1 aliphatic heterocycles. The molecule has 1 aromatic rings. The average Bonchev–Trinajstić information content (AvgIpc) is 2.93. The Bertz CT molecular complexity index is 728. The fourth-order valence-electron chi connectivity index (χ4n) is 4.54. The number of nitrogens with one attached hydrogen (secondary N) is 1. The van der Waals surface area contributed by atoms with Crippen molar-refractivity contribution in [2.24, 2.45) is 16.7 Å². The standard InChI is InChI=1S/C18H19NO2/c1-17(2)11-8-9-18(17,3)15(20)14(11)13-10-6-4-5-7-12(10)19-16(13)21/h4-7,11H,8-9H2,1-3H3,(H,19,21)/b14-13+. The number of Topliss-reactive ketones (excluding diaryl/α,β-unsaturated/α-hetero) is 1. The number of carbonyl (C=O) groups excluding carboxylic acids is 2. The second kappa shape index (κ2) is 3.65. The zero-order valence-corrected chi connectivity index (χ0v) is 12.6. The largest absolute Gasteiger partial charge is 0.321 e. The molecule has 2 atom stereocenters. The number of benzene rings is 1. The fraction of sp³-hybridized carbons (Fsp3) is 0.444. The van der Waals surface area contributed by atoms with Gasteiger partial charge in [0.25, 0.3) is 5.91 Å². The summed E-state index contributed by atoms with van der Waals surface area (Å²) in [5, 5.41) is 2.90. The number of hydrogen-bond acceptors (Lipinski definition) is 2. The molecule has 1 aromatic carbocycles. The van der Waals surface area contributed by atoms with Crippen molar-refractivity contribution >= 4 is 23.0 Å². The summed E-state index contributed by atoms with van der Waals surface area (Å²) in [5.41, 5.74) is 2.72. The zero-order chi connectivity index (χ0) is 15.0. The molecule has 1 N–H and O–H groups in total. The van der Waals surface area contributed by atoms with Gasteiger partial charge in [-0.2, -0.15) is 0 Å². The van der Waals surface area contributed by atoms with Crippen LogP contribution in [-0.4, -0.2) is 11.7 Å². The lowest BCUT2D eigenvalue weighted by molar-refractivity contribution is -0.125. The smallest absolute Gasteiger partial charge is 0.256 e. The van der Waals surface area contributed by atoms with Crippen molar-refractivity contribution in [2.75, 3.05) is 5.32 Å². The first-order valence-corrected chi connectivity index (χ1v) is 7.57. The van der Waals surface area contributed by atoms with Gasteiger partial charge < -0.3 is 5.32 Å². The number of rotatable bonds is 0. The van der Waals surface area contributed by atoms with Gasteiger partial charge in [-0.3, -0.25) is 9.59 Å². The maximum atomic E-state index is 13.0. The molecule has 3 nitrogen and oxygen atoms in total. The summed E-state index contributed by atoms with van der Waals surface area (Å²) in [5.74, 6) is 0.263. The zero-order valence-electron chi connectivity index (χ0n) is 12.6. The molecule has 1 amide bonds. The summed E-state index contributed by atoms with van der Waals surface area (Å²) >= 11 is 0. The predicted octanol–water partition coefficient (Wildman–Crippen LogP) is 3.42. The lowest BCUT2D eigenvalue weighted by Gasteiger charge is -2.31. The molecule has 0 spiro atoms. The minimum absolute atomic E-state index is 0.0652. The van der Waals surface area contributed by atoms with Crippen LogP contribution < -0.4 is 5.32 Å². The van der Waals surface area contributed by atoms with Gasteiger partial charge in [0.1, 0.15) is 0 Å². The van der Waals surface area contributed by atoms with E-state index >= 15 is 0 Å². The monoisotopic (exact) mass is 281 g/mol. The van der Waals surface area contributed by atoms with E-state index in [1.807, 2.05) is 24.3 Å². The van der Waals surface area contributed by atoms with Crippen LogP contribution in [0, 0.1) is 16.7 Å². The molecule has 0 radical (unpaired) electrons. The quantitative estimate of drug-likeness (QED) is 0.741. The summed E-state index contributed by atoms with van der Waals surface area (Å²) in [6.45, 7) is 6.42. The highest BCUT2D eigenvalue weighted by Crippen LogP contribution is 2.66. The Morgan fingerprint density at radius 3 is 2.52 bits per heavy atom. The Labute approximate surface area is 124 Å². The Morgan fingerprint density at radius 2 is 1.86 bits per heavy atom. The van der Waals surface area contributed by atoms with Crippen molar-refractivity contribution in [3.05, 3.63) is 35.4 Å². The van der Waals surface area contributed by atoms with E-state index in [9.17, 15) is 9.59 Å². The maximum Gasteiger partial charge on any atom is 0.256 e. The first-order valence-electron chi connectivity index (χ1n) is 7.57. The third-order valence-electron chi connectivity index (χ3n) is 6.26. The van der Waals surface area contributed by atoms with Gasteiger partial charge in [0, 0.05) is 22.2 Å². The van der Waals surface area contributed by atoms with Crippen molar-refractivity contribution in [3.8, 4) is 0 Å². The molecule has 21 heavy (non-hydrogen) atoms. The molecule has 1 heterocycles. The van der Waals surface area contributed by atoms with Crippen LogP contribution in [0.25, 0.3) is 5.57 Å². The molecular weight excluding hydrogens is 262 g/mol. The van der Waals surface area contributed by atoms with E-state index in [1.54, 1.807) is 0 Å². The Balaban J connectivity index is 2.00. The molecule has 3 aliphatic rings. The SMILES string of the molecule is CC12CCC(/C(=C3\C(=O)Nc4ccccc43)C1=O)C2(C)C. The molecule has 2 aliphatic carbocycles. The second-order valence-electron chi connectivity index (χ2n) is 7.26. The van der Waals surface area contributed by atoms with E-state index in [0.29, 0.717) is 5.57 Å². The van der Waals surface area contributed by atoms with E-state index in [0.717, 1.165) is 29.7 Å². The lowest BCUT2D eigenvalue weighted by Crippen LogP contribution is -2.32. The van der Waals surface area contributed by atoms with E-state index in [4.69, 9.17) is 0 Å². The highest BCUT2D eigenvalue weighted by Gasteiger charge is 2.65. The highest BCUT2D eigenvalue weighted by atomic mass is 16.2. The molecule has 0 aromatic heterocycles. The number of hydrogen-bond donors (Lipinski definition) is 1. The van der Waals surface area contributed by atoms with Crippen molar-refractivity contribution in [1.29, 1.82) is 0 Å². The third-order valence-corrected chi connectivity index (χ3v) is 6.26. The first kappa shape index (κ1) is 12.8. The molecule has 0 saturated heterocycles. The fourth-order valence-corrected chi connectivity index (χ4v) is 4.54. The van der Waals surface area contributed by atoms with E-state index < -0.39 is 0 Å². The Hall–Kier alpha value is -1.90. The Morgan fingerprint density at radius 1 is 1.14 bits per heavy atom. The van der Waals surface area contributed by atoms with E-state index in [2.05, 4.69) is 26.1 Å². The van der Waals surface area contributed by atoms with Crippen molar-refractivity contribution < 1.29 is 9.59 Å². The van der Waals surface area contributed by atoms with Gasteiger partial charge in [0.05, 0.1) is 5.57 Å². The predicted molar refractivity (Wildman–Crippen MR) is 81.6 cm³/mol. The number of allylic oxidation sites excluding steroid dienone is 1. The molecule has 2 fully saturated rings. The summed E-state index contributed by atoms with van der Waals surface area (Å²) in [4.78, 5) is 25.4. The minimum Gasteiger partial charge on any atom is -0.321 e. The van der Waals surface area contributed by atoms with Gasteiger partial charge in [-0.1, -0.05) is 39.0 Å². The number of carbonyl (C=O) groups is 2. The summed E-state index contributed by atoms with van der Waals surface area (Å²) in [7, 11) is 0. The van der Waals surface area contributed by atoms with Crippen molar-refractivity contribution in [1.82, 2.24) is 0 Å². The van der Waals surface area contributed by atoms with Gasteiger partial charge in [-0.25, -0.2) is 0 Å².